The van der Waals surface area contributed by atoms with Gasteiger partial charge < -0.3 is 9.15 Å². The molecule has 0 radical (unpaired) electrons. The summed E-state index contributed by atoms with van der Waals surface area (Å²) in [7, 11) is 0. The van der Waals surface area contributed by atoms with Gasteiger partial charge in [0.15, 0.2) is 10.5 Å². The Morgan fingerprint density at radius 3 is 3.06 bits per heavy atom. The molecule has 0 aromatic carbocycles. The Hall–Kier alpha value is -0.610. The lowest BCUT2D eigenvalue weighted by Crippen LogP contribution is -2.06. The topological polar surface area (TPSA) is 39.4 Å². The second-order valence-electron chi connectivity index (χ2n) is 4.06. The Morgan fingerprint density at radius 2 is 2.44 bits per heavy atom. The molecule has 3 nitrogen and oxygen atoms in total. The third kappa shape index (κ3) is 2.95. The molecular formula is C12H15BrO3. The minimum atomic E-state index is 0.138. The zero-order chi connectivity index (χ0) is 11.4. The van der Waals surface area contributed by atoms with E-state index in [1.165, 1.54) is 6.26 Å². The molecule has 0 saturated carbocycles. The van der Waals surface area contributed by atoms with Crippen molar-refractivity contribution in [2.75, 3.05) is 6.61 Å². The minimum Gasteiger partial charge on any atom is -0.457 e. The average molecular weight is 287 g/mol. The van der Waals surface area contributed by atoms with Gasteiger partial charge in [-0.15, -0.1) is 0 Å². The van der Waals surface area contributed by atoms with Crippen molar-refractivity contribution in [2.24, 2.45) is 0 Å². The van der Waals surface area contributed by atoms with Gasteiger partial charge >= 0.3 is 0 Å². The summed E-state index contributed by atoms with van der Waals surface area (Å²) in [6.07, 6.45) is 6.65. The molecule has 2 heterocycles. The molecule has 1 aliphatic heterocycles. The maximum absolute atomic E-state index is 11.8. The van der Waals surface area contributed by atoms with E-state index >= 15 is 0 Å². The molecule has 0 spiro atoms. The number of hydrogen-bond acceptors (Lipinski definition) is 3. The summed E-state index contributed by atoms with van der Waals surface area (Å²) < 4.78 is 11.1. The van der Waals surface area contributed by atoms with Crippen molar-refractivity contribution in [1.29, 1.82) is 0 Å². The zero-order valence-electron chi connectivity index (χ0n) is 9.08. The predicted octanol–water partition coefficient (Wildman–Crippen LogP) is 3.57. The first kappa shape index (κ1) is 11.9. The van der Waals surface area contributed by atoms with E-state index in [9.17, 15) is 4.79 Å². The molecule has 0 amide bonds. The van der Waals surface area contributed by atoms with E-state index < -0.39 is 0 Å². The van der Waals surface area contributed by atoms with Gasteiger partial charge in [-0.3, -0.25) is 4.79 Å². The van der Waals surface area contributed by atoms with Crippen molar-refractivity contribution in [2.45, 2.75) is 38.2 Å². The van der Waals surface area contributed by atoms with Crippen molar-refractivity contribution in [3.63, 3.8) is 0 Å². The Kier molecular flexibility index (Phi) is 4.18. The van der Waals surface area contributed by atoms with Crippen molar-refractivity contribution >= 4 is 21.7 Å². The standard InChI is InChI=1S/C12H15BrO3/c13-12-10(6-8-16-12)11(14)5-1-3-9-4-2-7-15-9/h6,8-9H,1-5,7H2. The highest BCUT2D eigenvalue weighted by Gasteiger charge is 2.17. The highest BCUT2D eigenvalue weighted by atomic mass is 79.9. The van der Waals surface area contributed by atoms with Crippen LogP contribution in [0.15, 0.2) is 21.4 Å². The maximum atomic E-state index is 11.8. The average Bonchev–Trinajstić information content (AvgIpc) is 2.88. The van der Waals surface area contributed by atoms with Crippen LogP contribution >= 0.6 is 15.9 Å². The van der Waals surface area contributed by atoms with Gasteiger partial charge in [0.1, 0.15) is 0 Å². The number of ketones is 1. The van der Waals surface area contributed by atoms with Crippen LogP contribution in [0.2, 0.25) is 0 Å². The molecular weight excluding hydrogens is 272 g/mol. The monoisotopic (exact) mass is 286 g/mol. The Bertz CT molecular complexity index is 353. The molecule has 1 unspecified atom stereocenters. The smallest absolute Gasteiger partial charge is 0.179 e. The lowest BCUT2D eigenvalue weighted by atomic mass is 10.0. The van der Waals surface area contributed by atoms with Crippen LogP contribution in [0.5, 0.6) is 0 Å². The van der Waals surface area contributed by atoms with E-state index in [0.717, 1.165) is 32.3 Å². The fraction of sp³-hybridized carbons (Fsp3) is 0.583. The highest BCUT2D eigenvalue weighted by molar-refractivity contribution is 9.10. The lowest BCUT2D eigenvalue weighted by molar-refractivity contribution is 0.0921. The Balaban J connectivity index is 1.73. The van der Waals surface area contributed by atoms with E-state index in [2.05, 4.69) is 15.9 Å². The number of ether oxygens (including phenoxy) is 1. The second kappa shape index (κ2) is 5.64. The van der Waals surface area contributed by atoms with E-state index in [-0.39, 0.29) is 5.78 Å². The quantitative estimate of drug-likeness (QED) is 0.777. The zero-order valence-corrected chi connectivity index (χ0v) is 10.7. The van der Waals surface area contributed by atoms with Crippen LogP contribution < -0.4 is 0 Å². The molecule has 1 aliphatic rings. The molecule has 0 aliphatic carbocycles. The molecule has 1 fully saturated rings. The van der Waals surface area contributed by atoms with Gasteiger partial charge in [0, 0.05) is 13.0 Å². The summed E-state index contributed by atoms with van der Waals surface area (Å²) in [6, 6.07) is 1.71. The third-order valence-electron chi connectivity index (χ3n) is 2.87. The van der Waals surface area contributed by atoms with Gasteiger partial charge in [-0.25, -0.2) is 0 Å². The largest absolute Gasteiger partial charge is 0.457 e. The maximum Gasteiger partial charge on any atom is 0.179 e. The molecule has 16 heavy (non-hydrogen) atoms. The first-order chi connectivity index (χ1) is 7.77. The predicted molar refractivity (Wildman–Crippen MR) is 63.6 cm³/mol. The fourth-order valence-electron chi connectivity index (χ4n) is 1.99. The number of rotatable bonds is 5. The van der Waals surface area contributed by atoms with Gasteiger partial charge in [0.25, 0.3) is 0 Å². The Morgan fingerprint density at radius 1 is 1.56 bits per heavy atom. The number of carbonyl (C=O) groups is 1. The number of carbonyl (C=O) groups excluding carboxylic acids is 1. The molecule has 1 aromatic heterocycles. The van der Waals surface area contributed by atoms with Crippen LogP contribution in [0.25, 0.3) is 0 Å². The molecule has 0 bridgehead atoms. The van der Waals surface area contributed by atoms with Gasteiger partial charge in [-0.2, -0.15) is 0 Å². The first-order valence-corrected chi connectivity index (χ1v) is 6.44. The van der Waals surface area contributed by atoms with Crippen LogP contribution in [0.3, 0.4) is 0 Å². The molecule has 1 aromatic rings. The molecule has 0 N–H and O–H groups in total. The van der Waals surface area contributed by atoms with E-state index in [4.69, 9.17) is 9.15 Å². The van der Waals surface area contributed by atoms with Crippen molar-refractivity contribution in [3.05, 3.63) is 22.6 Å². The summed E-state index contributed by atoms with van der Waals surface area (Å²) in [5.74, 6) is 0.138. The summed E-state index contributed by atoms with van der Waals surface area (Å²) >= 11 is 3.21. The molecule has 2 rings (SSSR count). The first-order valence-electron chi connectivity index (χ1n) is 5.65. The lowest BCUT2D eigenvalue weighted by Gasteiger charge is -2.07. The van der Waals surface area contributed by atoms with Crippen molar-refractivity contribution in [1.82, 2.24) is 0 Å². The number of furan rings is 1. The second-order valence-corrected chi connectivity index (χ2v) is 4.78. The van der Waals surface area contributed by atoms with Crippen LogP contribution in [0.1, 0.15) is 42.5 Å². The molecule has 4 heteroatoms. The van der Waals surface area contributed by atoms with Crippen molar-refractivity contribution < 1.29 is 13.9 Å². The highest BCUT2D eigenvalue weighted by Crippen LogP contribution is 2.22. The molecule has 88 valence electrons. The van der Waals surface area contributed by atoms with Crippen LogP contribution in [0, 0.1) is 0 Å². The summed E-state index contributed by atoms with van der Waals surface area (Å²) in [5.41, 5.74) is 0.646. The third-order valence-corrected chi connectivity index (χ3v) is 3.49. The number of halogens is 1. The van der Waals surface area contributed by atoms with Crippen molar-refractivity contribution in [3.8, 4) is 0 Å². The number of hydrogen-bond donors (Lipinski definition) is 0. The van der Waals surface area contributed by atoms with Crippen LogP contribution in [0.4, 0.5) is 0 Å². The minimum absolute atomic E-state index is 0.138. The summed E-state index contributed by atoms with van der Waals surface area (Å²) in [4.78, 5) is 11.8. The van der Waals surface area contributed by atoms with Gasteiger partial charge in [-0.1, -0.05) is 0 Å². The summed E-state index contributed by atoms with van der Waals surface area (Å²) in [6.45, 7) is 0.881. The van der Waals surface area contributed by atoms with Gasteiger partial charge in [0.2, 0.25) is 0 Å². The molecule has 1 saturated heterocycles. The van der Waals surface area contributed by atoms with E-state index in [1.807, 2.05) is 0 Å². The fourth-order valence-corrected chi connectivity index (χ4v) is 2.45. The van der Waals surface area contributed by atoms with E-state index in [0.29, 0.717) is 22.8 Å². The van der Waals surface area contributed by atoms with Gasteiger partial charge in [0.05, 0.1) is 17.9 Å². The molecule has 1 atom stereocenters. The summed E-state index contributed by atoms with van der Waals surface area (Å²) in [5, 5.41) is 0. The van der Waals surface area contributed by atoms with Crippen LogP contribution in [-0.2, 0) is 4.74 Å². The SMILES string of the molecule is O=C(CCCC1CCCO1)c1ccoc1Br. The normalized spacial score (nSPS) is 20.2. The van der Waals surface area contributed by atoms with E-state index in [1.54, 1.807) is 6.07 Å². The van der Waals surface area contributed by atoms with Crippen LogP contribution in [-0.4, -0.2) is 18.5 Å². The van der Waals surface area contributed by atoms with Gasteiger partial charge in [-0.05, 0) is 47.7 Å². The Labute approximate surface area is 103 Å². The number of Topliss-reactive ketones (excluding diaryl/α,β-unsaturated/α-hetero) is 1.